The number of aliphatic carboxylic acids is 1. The van der Waals surface area contributed by atoms with Crippen LogP contribution in [0.15, 0.2) is 48.5 Å². The number of amides is 2. The molecule has 1 fully saturated rings. The molecule has 7 heteroatoms. The fourth-order valence-electron chi connectivity index (χ4n) is 5.32. The minimum atomic E-state index is -0.849. The van der Waals surface area contributed by atoms with Gasteiger partial charge in [-0.1, -0.05) is 61.4 Å². The SMILES string of the molecule is O=C(O)CC1CCCN1C(=O)CCCCCCNC(=O)OCC1c2ccccc2-c2ccccc21. The third kappa shape index (κ3) is 6.21. The van der Waals surface area contributed by atoms with Crippen molar-refractivity contribution in [3.8, 4) is 11.1 Å². The first-order chi connectivity index (χ1) is 17.0. The van der Waals surface area contributed by atoms with E-state index < -0.39 is 12.1 Å². The van der Waals surface area contributed by atoms with E-state index in [-0.39, 0.29) is 24.3 Å². The Bertz CT molecular complexity index is 1010. The fourth-order valence-corrected chi connectivity index (χ4v) is 5.32. The molecule has 1 aliphatic heterocycles. The Labute approximate surface area is 206 Å². The third-order valence-electron chi connectivity index (χ3n) is 7.04. The zero-order valence-corrected chi connectivity index (χ0v) is 20.1. The number of carboxylic acids is 1. The molecule has 0 aromatic heterocycles. The van der Waals surface area contributed by atoms with E-state index in [1.54, 1.807) is 4.90 Å². The molecular weight excluding hydrogens is 444 g/mol. The van der Waals surface area contributed by atoms with Gasteiger partial charge < -0.3 is 20.1 Å². The zero-order valence-electron chi connectivity index (χ0n) is 20.1. The number of rotatable bonds is 11. The van der Waals surface area contributed by atoms with Gasteiger partial charge in [-0.3, -0.25) is 9.59 Å². The van der Waals surface area contributed by atoms with Crippen molar-refractivity contribution in [3.63, 3.8) is 0 Å². The number of nitrogens with zero attached hydrogens (tertiary/aromatic N) is 1. The van der Waals surface area contributed by atoms with Crippen molar-refractivity contribution in [2.24, 2.45) is 0 Å². The molecule has 0 bridgehead atoms. The number of unbranched alkanes of at least 4 members (excludes halogenated alkanes) is 3. The number of hydrogen-bond acceptors (Lipinski definition) is 4. The van der Waals surface area contributed by atoms with Crippen LogP contribution in [0.25, 0.3) is 11.1 Å². The maximum Gasteiger partial charge on any atom is 0.407 e. The maximum absolute atomic E-state index is 12.4. The predicted octanol–water partition coefficient (Wildman–Crippen LogP) is 4.94. The van der Waals surface area contributed by atoms with Crippen LogP contribution in [0, 0.1) is 0 Å². The van der Waals surface area contributed by atoms with E-state index in [9.17, 15) is 14.4 Å². The number of carboxylic acid groups (broad SMARTS) is 1. The highest BCUT2D eigenvalue weighted by Crippen LogP contribution is 2.44. The number of carbonyl (C=O) groups excluding carboxylic acids is 2. The lowest BCUT2D eigenvalue weighted by atomic mass is 9.98. The molecule has 7 nitrogen and oxygen atoms in total. The summed E-state index contributed by atoms with van der Waals surface area (Å²) in [5.41, 5.74) is 4.80. The van der Waals surface area contributed by atoms with Gasteiger partial charge in [-0.25, -0.2) is 4.79 Å². The normalized spacial score (nSPS) is 16.6. The predicted molar refractivity (Wildman–Crippen MR) is 133 cm³/mol. The van der Waals surface area contributed by atoms with Crippen molar-refractivity contribution < 1.29 is 24.2 Å². The summed E-state index contributed by atoms with van der Waals surface area (Å²) in [7, 11) is 0. The Balaban J connectivity index is 1.10. The average molecular weight is 479 g/mol. The van der Waals surface area contributed by atoms with Gasteiger partial charge in [0.05, 0.1) is 6.42 Å². The van der Waals surface area contributed by atoms with Crippen molar-refractivity contribution in [1.29, 1.82) is 0 Å². The van der Waals surface area contributed by atoms with Gasteiger partial charge >= 0.3 is 12.1 Å². The van der Waals surface area contributed by atoms with Crippen molar-refractivity contribution in [2.75, 3.05) is 19.7 Å². The standard InChI is InChI=1S/C28H34N2O5/c31-26(30-17-9-10-20(30)18-27(32)33)15-3-1-2-8-16-29-28(34)35-19-25-23-13-6-4-11-21(23)22-12-5-7-14-24(22)25/h4-7,11-14,20,25H,1-3,8-10,15-19H2,(H,29,34)(H,32,33). The first-order valence-corrected chi connectivity index (χ1v) is 12.6. The van der Waals surface area contributed by atoms with Crippen LogP contribution in [-0.2, 0) is 14.3 Å². The summed E-state index contributed by atoms with van der Waals surface area (Å²) in [6.07, 6.45) is 5.16. The minimum Gasteiger partial charge on any atom is -0.481 e. The van der Waals surface area contributed by atoms with Gasteiger partial charge in [0.2, 0.25) is 5.91 Å². The fraction of sp³-hybridized carbons (Fsp3) is 0.464. The van der Waals surface area contributed by atoms with Gasteiger partial charge in [-0.2, -0.15) is 0 Å². The van der Waals surface area contributed by atoms with E-state index in [4.69, 9.17) is 9.84 Å². The average Bonchev–Trinajstić information content (AvgIpc) is 3.44. The summed E-state index contributed by atoms with van der Waals surface area (Å²) < 4.78 is 5.55. The molecule has 2 amide bonds. The summed E-state index contributed by atoms with van der Waals surface area (Å²) in [6, 6.07) is 16.4. The first-order valence-electron chi connectivity index (χ1n) is 12.6. The molecule has 2 N–H and O–H groups in total. The number of hydrogen-bond donors (Lipinski definition) is 2. The van der Waals surface area contributed by atoms with Gasteiger partial charge in [-0.15, -0.1) is 0 Å². The quantitative estimate of drug-likeness (QED) is 0.446. The highest BCUT2D eigenvalue weighted by molar-refractivity contribution is 5.79. The lowest BCUT2D eigenvalue weighted by molar-refractivity contribution is -0.139. The number of benzene rings is 2. The molecule has 4 rings (SSSR count). The Hall–Kier alpha value is -3.35. The smallest absolute Gasteiger partial charge is 0.407 e. The highest BCUT2D eigenvalue weighted by Gasteiger charge is 2.30. The molecule has 1 unspecified atom stereocenters. The largest absolute Gasteiger partial charge is 0.481 e. The van der Waals surface area contributed by atoms with Crippen molar-refractivity contribution >= 4 is 18.0 Å². The maximum atomic E-state index is 12.4. The van der Waals surface area contributed by atoms with Crippen molar-refractivity contribution in [1.82, 2.24) is 10.2 Å². The zero-order chi connectivity index (χ0) is 24.6. The number of ether oxygens (including phenoxy) is 1. The Morgan fingerprint density at radius 1 is 0.943 bits per heavy atom. The van der Waals surface area contributed by atoms with Crippen LogP contribution in [0.4, 0.5) is 4.79 Å². The summed E-state index contributed by atoms with van der Waals surface area (Å²) in [4.78, 5) is 37.3. The van der Waals surface area contributed by atoms with E-state index in [1.807, 2.05) is 24.3 Å². The van der Waals surface area contributed by atoms with Crippen molar-refractivity contribution in [3.05, 3.63) is 59.7 Å². The number of alkyl carbamates (subject to hydrolysis) is 1. The molecule has 1 heterocycles. The second-order valence-corrected chi connectivity index (χ2v) is 9.40. The van der Waals surface area contributed by atoms with Gasteiger partial charge in [0, 0.05) is 31.5 Å². The van der Waals surface area contributed by atoms with Crippen LogP contribution in [0.1, 0.15) is 68.4 Å². The number of fused-ring (bicyclic) bond motifs is 3. The summed E-state index contributed by atoms with van der Waals surface area (Å²) in [6.45, 7) is 1.51. The Morgan fingerprint density at radius 3 is 2.29 bits per heavy atom. The molecular formula is C28H34N2O5. The third-order valence-corrected chi connectivity index (χ3v) is 7.04. The molecule has 35 heavy (non-hydrogen) atoms. The van der Waals surface area contributed by atoms with Gasteiger partial charge in [0.15, 0.2) is 0 Å². The second-order valence-electron chi connectivity index (χ2n) is 9.40. The summed E-state index contributed by atoms with van der Waals surface area (Å²) in [5, 5.41) is 11.8. The van der Waals surface area contributed by atoms with E-state index in [2.05, 4.69) is 29.6 Å². The highest BCUT2D eigenvalue weighted by atomic mass is 16.5. The number of nitrogens with one attached hydrogen (secondary N) is 1. The second kappa shape index (κ2) is 11.9. The summed E-state index contributed by atoms with van der Waals surface area (Å²) in [5.74, 6) is -0.736. The van der Waals surface area contributed by atoms with E-state index in [0.29, 0.717) is 26.1 Å². The molecule has 2 aliphatic rings. The van der Waals surface area contributed by atoms with Gasteiger partial charge in [0.1, 0.15) is 6.61 Å². The molecule has 0 radical (unpaired) electrons. The Kier molecular flexibility index (Phi) is 8.40. The number of likely N-dealkylation sites (tertiary alicyclic amines) is 1. The first kappa shape index (κ1) is 24.8. The lowest BCUT2D eigenvalue weighted by Gasteiger charge is -2.23. The number of carbonyl (C=O) groups is 3. The minimum absolute atomic E-state index is 0.0350. The topological polar surface area (TPSA) is 95.9 Å². The molecule has 1 aliphatic carbocycles. The van der Waals surface area contributed by atoms with E-state index in [0.717, 1.165) is 38.5 Å². The molecule has 1 atom stereocenters. The molecule has 186 valence electrons. The van der Waals surface area contributed by atoms with E-state index in [1.165, 1.54) is 22.3 Å². The summed E-state index contributed by atoms with van der Waals surface area (Å²) >= 11 is 0. The van der Waals surface area contributed by atoms with Crippen LogP contribution in [0.3, 0.4) is 0 Å². The van der Waals surface area contributed by atoms with Crippen LogP contribution >= 0.6 is 0 Å². The van der Waals surface area contributed by atoms with Crippen LogP contribution in [0.2, 0.25) is 0 Å². The molecule has 2 aromatic rings. The Morgan fingerprint density at radius 2 is 1.60 bits per heavy atom. The lowest BCUT2D eigenvalue weighted by Crippen LogP contribution is -2.36. The van der Waals surface area contributed by atoms with Crippen molar-refractivity contribution in [2.45, 2.75) is 63.3 Å². The molecule has 1 saturated heterocycles. The monoisotopic (exact) mass is 478 g/mol. The molecule has 2 aromatic carbocycles. The van der Waals surface area contributed by atoms with Crippen LogP contribution in [-0.4, -0.2) is 53.7 Å². The molecule has 0 spiro atoms. The molecule has 0 saturated carbocycles. The van der Waals surface area contributed by atoms with Crippen LogP contribution < -0.4 is 5.32 Å². The van der Waals surface area contributed by atoms with Gasteiger partial charge in [-0.05, 0) is 47.9 Å². The van der Waals surface area contributed by atoms with Gasteiger partial charge in [0.25, 0.3) is 0 Å². The van der Waals surface area contributed by atoms with E-state index >= 15 is 0 Å². The van der Waals surface area contributed by atoms with Crippen LogP contribution in [0.5, 0.6) is 0 Å².